The topological polar surface area (TPSA) is 40.5 Å². The molecule has 3 heteroatoms. The molecule has 1 rings (SSSR count). The van der Waals surface area contributed by atoms with Crippen LogP contribution in [-0.2, 0) is 4.79 Å². The van der Waals surface area contributed by atoms with E-state index in [1.807, 2.05) is 25.7 Å². The molecule has 1 amide bonds. The van der Waals surface area contributed by atoms with Gasteiger partial charge in [-0.3, -0.25) is 4.79 Å². The molecule has 1 heterocycles. The lowest BCUT2D eigenvalue weighted by molar-refractivity contribution is -0.153. The molecule has 0 aromatic carbocycles. The number of piperidine rings is 1. The van der Waals surface area contributed by atoms with Gasteiger partial charge in [-0.05, 0) is 6.92 Å². The van der Waals surface area contributed by atoms with E-state index >= 15 is 0 Å². The van der Waals surface area contributed by atoms with Gasteiger partial charge in [0, 0.05) is 18.5 Å². The highest BCUT2D eigenvalue weighted by atomic mass is 16.3. The Morgan fingerprint density at radius 3 is 2.62 bits per heavy atom. The molecule has 0 radical (unpaired) electrons. The van der Waals surface area contributed by atoms with Gasteiger partial charge in [0.1, 0.15) is 0 Å². The van der Waals surface area contributed by atoms with Crippen LogP contribution >= 0.6 is 0 Å². The van der Waals surface area contributed by atoms with E-state index in [9.17, 15) is 9.90 Å². The van der Waals surface area contributed by atoms with Gasteiger partial charge in [0.2, 0.25) is 5.91 Å². The highest BCUT2D eigenvalue weighted by molar-refractivity contribution is 5.80. The van der Waals surface area contributed by atoms with Crippen LogP contribution in [0.5, 0.6) is 0 Å². The van der Waals surface area contributed by atoms with Crippen molar-refractivity contribution in [1.29, 1.82) is 0 Å². The maximum Gasteiger partial charge on any atom is 0.228 e. The molecule has 0 aromatic heterocycles. The first-order valence-electron chi connectivity index (χ1n) is 4.87. The van der Waals surface area contributed by atoms with Crippen molar-refractivity contribution in [2.24, 2.45) is 11.3 Å². The van der Waals surface area contributed by atoms with Crippen LogP contribution in [0.3, 0.4) is 0 Å². The minimum absolute atomic E-state index is 0.0781. The van der Waals surface area contributed by atoms with Crippen molar-refractivity contribution < 1.29 is 9.90 Å². The van der Waals surface area contributed by atoms with Gasteiger partial charge in [0.05, 0.1) is 12.0 Å². The minimum Gasteiger partial charge on any atom is -0.392 e. The SMILES string of the molecule is CCN1CC(C)(C)[C@@H](O)[C@@H](C)C1=O. The van der Waals surface area contributed by atoms with E-state index in [0.717, 1.165) is 6.54 Å². The Hall–Kier alpha value is -0.570. The van der Waals surface area contributed by atoms with Gasteiger partial charge >= 0.3 is 0 Å². The van der Waals surface area contributed by atoms with Crippen LogP contribution in [0, 0.1) is 11.3 Å². The lowest BCUT2D eigenvalue weighted by Gasteiger charge is -2.44. The van der Waals surface area contributed by atoms with E-state index in [-0.39, 0.29) is 17.2 Å². The smallest absolute Gasteiger partial charge is 0.228 e. The quantitative estimate of drug-likeness (QED) is 0.658. The summed E-state index contributed by atoms with van der Waals surface area (Å²) in [5.74, 6) is -0.182. The summed E-state index contributed by atoms with van der Waals surface area (Å²) in [5, 5.41) is 9.84. The van der Waals surface area contributed by atoms with Gasteiger partial charge in [-0.15, -0.1) is 0 Å². The Balaban J connectivity index is 2.85. The van der Waals surface area contributed by atoms with Gasteiger partial charge in [0.15, 0.2) is 0 Å². The molecule has 0 spiro atoms. The molecule has 13 heavy (non-hydrogen) atoms. The van der Waals surface area contributed by atoms with Crippen molar-refractivity contribution >= 4 is 5.91 Å². The summed E-state index contributed by atoms with van der Waals surface area (Å²) in [7, 11) is 0. The lowest BCUT2D eigenvalue weighted by Crippen LogP contribution is -2.56. The lowest BCUT2D eigenvalue weighted by atomic mass is 9.76. The van der Waals surface area contributed by atoms with Gasteiger partial charge in [0.25, 0.3) is 0 Å². The van der Waals surface area contributed by atoms with Gasteiger partial charge in [-0.1, -0.05) is 20.8 Å². The molecule has 3 nitrogen and oxygen atoms in total. The van der Waals surface area contributed by atoms with Gasteiger partial charge in [-0.2, -0.15) is 0 Å². The fourth-order valence-electron chi connectivity index (χ4n) is 2.03. The summed E-state index contributed by atoms with van der Waals surface area (Å²) in [6, 6.07) is 0. The zero-order valence-corrected chi connectivity index (χ0v) is 8.87. The van der Waals surface area contributed by atoms with Crippen molar-refractivity contribution in [1.82, 2.24) is 4.90 Å². The van der Waals surface area contributed by atoms with Crippen LogP contribution in [-0.4, -0.2) is 35.1 Å². The largest absolute Gasteiger partial charge is 0.392 e. The second-order valence-electron chi connectivity index (χ2n) is 4.57. The predicted molar refractivity (Wildman–Crippen MR) is 51.2 cm³/mol. The van der Waals surface area contributed by atoms with Crippen LogP contribution in [0.2, 0.25) is 0 Å². The van der Waals surface area contributed by atoms with Crippen LogP contribution < -0.4 is 0 Å². The Labute approximate surface area is 79.7 Å². The summed E-state index contributed by atoms with van der Waals surface area (Å²) >= 11 is 0. The highest BCUT2D eigenvalue weighted by Gasteiger charge is 2.43. The van der Waals surface area contributed by atoms with Crippen LogP contribution in [0.15, 0.2) is 0 Å². The Kier molecular flexibility index (Phi) is 2.66. The predicted octanol–water partition coefficient (Wildman–Crippen LogP) is 0.872. The molecule has 0 bridgehead atoms. The van der Waals surface area contributed by atoms with E-state index in [0.29, 0.717) is 6.54 Å². The van der Waals surface area contributed by atoms with E-state index in [2.05, 4.69) is 0 Å². The molecule has 0 aromatic rings. The Morgan fingerprint density at radius 2 is 2.15 bits per heavy atom. The number of aliphatic hydroxyl groups excluding tert-OH is 1. The first-order valence-corrected chi connectivity index (χ1v) is 4.87. The molecule has 1 aliphatic rings. The number of rotatable bonds is 1. The number of hydrogen-bond acceptors (Lipinski definition) is 2. The van der Waals surface area contributed by atoms with E-state index < -0.39 is 6.10 Å². The summed E-state index contributed by atoms with van der Waals surface area (Å²) in [6.45, 7) is 9.18. The second kappa shape index (κ2) is 3.29. The number of carbonyl (C=O) groups is 1. The van der Waals surface area contributed by atoms with Crippen molar-refractivity contribution in [3.63, 3.8) is 0 Å². The zero-order chi connectivity index (χ0) is 10.2. The average Bonchev–Trinajstić information content (AvgIpc) is 2.08. The van der Waals surface area contributed by atoms with Crippen molar-refractivity contribution in [2.45, 2.75) is 33.8 Å². The third kappa shape index (κ3) is 1.70. The number of aliphatic hydroxyl groups is 1. The van der Waals surface area contributed by atoms with Crippen molar-refractivity contribution in [2.75, 3.05) is 13.1 Å². The highest BCUT2D eigenvalue weighted by Crippen LogP contribution is 2.32. The van der Waals surface area contributed by atoms with Crippen molar-refractivity contribution in [3.05, 3.63) is 0 Å². The first kappa shape index (κ1) is 10.5. The van der Waals surface area contributed by atoms with Crippen molar-refractivity contribution in [3.8, 4) is 0 Å². The van der Waals surface area contributed by atoms with E-state index in [4.69, 9.17) is 0 Å². The van der Waals surface area contributed by atoms with E-state index in [1.165, 1.54) is 0 Å². The molecule has 1 aliphatic heterocycles. The minimum atomic E-state index is -0.511. The van der Waals surface area contributed by atoms with Crippen LogP contribution in [0.4, 0.5) is 0 Å². The number of amides is 1. The molecular weight excluding hydrogens is 166 g/mol. The molecule has 1 saturated heterocycles. The summed E-state index contributed by atoms with van der Waals surface area (Å²) < 4.78 is 0. The van der Waals surface area contributed by atoms with Crippen LogP contribution in [0.1, 0.15) is 27.7 Å². The average molecular weight is 185 g/mol. The third-order valence-corrected chi connectivity index (χ3v) is 2.96. The third-order valence-electron chi connectivity index (χ3n) is 2.96. The number of hydrogen-bond donors (Lipinski definition) is 1. The first-order chi connectivity index (χ1) is 5.90. The molecule has 0 saturated carbocycles. The van der Waals surface area contributed by atoms with Gasteiger partial charge < -0.3 is 10.0 Å². The molecule has 1 N–H and O–H groups in total. The fraction of sp³-hybridized carbons (Fsp3) is 0.900. The summed E-state index contributed by atoms with van der Waals surface area (Å²) in [5.41, 5.74) is -0.177. The molecule has 1 fully saturated rings. The summed E-state index contributed by atoms with van der Waals surface area (Å²) in [6.07, 6.45) is -0.511. The number of nitrogens with zero attached hydrogens (tertiary/aromatic N) is 1. The zero-order valence-electron chi connectivity index (χ0n) is 8.87. The van der Waals surface area contributed by atoms with E-state index in [1.54, 1.807) is 6.92 Å². The van der Waals surface area contributed by atoms with Gasteiger partial charge in [-0.25, -0.2) is 0 Å². The Morgan fingerprint density at radius 1 is 1.62 bits per heavy atom. The molecule has 0 aliphatic carbocycles. The molecule has 2 atom stereocenters. The standard InChI is InChI=1S/C10H19NO2/c1-5-11-6-10(3,4)8(12)7(2)9(11)13/h7-8,12H,5-6H2,1-4H3/t7-,8+/m1/s1. The molecular formula is C10H19NO2. The number of likely N-dealkylation sites (tertiary alicyclic amines) is 1. The number of carbonyl (C=O) groups excluding carboxylic acids is 1. The monoisotopic (exact) mass is 185 g/mol. The Bertz CT molecular complexity index is 209. The molecule has 0 unspecified atom stereocenters. The second-order valence-corrected chi connectivity index (χ2v) is 4.57. The maximum absolute atomic E-state index is 11.6. The molecule has 76 valence electrons. The fourth-order valence-corrected chi connectivity index (χ4v) is 2.03. The maximum atomic E-state index is 11.6. The summed E-state index contributed by atoms with van der Waals surface area (Å²) in [4.78, 5) is 13.4. The normalized spacial score (nSPS) is 33.6. The van der Waals surface area contributed by atoms with Crippen LogP contribution in [0.25, 0.3) is 0 Å².